The average molecular weight is 1350 g/mol. The van der Waals surface area contributed by atoms with Gasteiger partial charge in [0, 0.05) is 45.3 Å². The average Bonchev–Trinajstić information content (AvgIpc) is 1.74. The first kappa shape index (κ1) is 78.5. The van der Waals surface area contributed by atoms with Crippen LogP contribution in [0.25, 0.3) is 0 Å². The van der Waals surface area contributed by atoms with Gasteiger partial charge in [-0.25, -0.2) is 0 Å². The van der Waals surface area contributed by atoms with Gasteiger partial charge in [0.15, 0.2) is 5.96 Å². The molecule has 22 N–H and O–H groups in total. The summed E-state index contributed by atoms with van der Waals surface area (Å²) in [5.41, 5.74) is 40.6. The molecule has 2 aliphatic rings. The molecular weight excluding hydrogens is 1250 g/mol. The molecule has 95 heavy (non-hydrogen) atoms. The number of aliphatic imine (C=N–C) groups is 1. The van der Waals surface area contributed by atoms with Crippen LogP contribution in [0, 0.1) is 5.92 Å². The van der Waals surface area contributed by atoms with Crippen LogP contribution in [0.2, 0.25) is 0 Å². The van der Waals surface area contributed by atoms with Gasteiger partial charge in [0.1, 0.15) is 54.4 Å². The minimum atomic E-state index is -1.64. The van der Waals surface area contributed by atoms with Crippen LogP contribution >= 0.6 is 11.8 Å². The summed E-state index contributed by atoms with van der Waals surface area (Å²) in [6.07, 6.45) is 3.12. The number of thioether (sulfide) groups is 1. The van der Waals surface area contributed by atoms with Crippen molar-refractivity contribution in [1.82, 2.24) is 52.3 Å². The minimum absolute atomic E-state index is 0.0736. The lowest BCUT2D eigenvalue weighted by molar-refractivity contribution is -0.144. The van der Waals surface area contributed by atoms with E-state index in [9.17, 15) is 62.3 Å². The molecular formula is C63H98N18O13S. The summed E-state index contributed by atoms with van der Waals surface area (Å²) in [6, 6.07) is 4.51. The Morgan fingerprint density at radius 1 is 0.537 bits per heavy atom. The fraction of sp³-hybridized carbons (Fsp3) is 0.587. The molecule has 10 atom stereocenters. The zero-order valence-electron chi connectivity index (χ0n) is 54.5. The van der Waals surface area contributed by atoms with Gasteiger partial charge in [0.2, 0.25) is 76.8 Å². The summed E-state index contributed by atoms with van der Waals surface area (Å²) in [4.78, 5) is 185. The number of likely N-dealkylation sites (tertiary alicyclic amines) is 2. The number of unbranched alkanes of at least 4 members (excludes halogenated alkanes) is 1. The highest BCUT2D eigenvalue weighted by Gasteiger charge is 2.42. The molecule has 4 rings (SSSR count). The Hall–Kier alpha value is -8.91. The van der Waals surface area contributed by atoms with Crippen LogP contribution in [0.5, 0.6) is 0 Å². The molecule has 0 spiro atoms. The normalized spacial score (nSPS) is 16.8. The van der Waals surface area contributed by atoms with E-state index in [2.05, 4.69) is 47.5 Å². The van der Waals surface area contributed by atoms with E-state index in [1.165, 1.54) is 21.6 Å². The van der Waals surface area contributed by atoms with E-state index in [-0.39, 0.29) is 83.0 Å². The van der Waals surface area contributed by atoms with E-state index in [1.807, 2.05) is 20.1 Å². The number of hydrogen-bond donors (Lipinski definition) is 15. The molecule has 2 heterocycles. The Morgan fingerprint density at radius 2 is 1.01 bits per heavy atom. The number of hydrogen-bond acceptors (Lipinski definition) is 17. The van der Waals surface area contributed by atoms with Crippen molar-refractivity contribution in [3.05, 3.63) is 71.8 Å². The number of benzene rings is 2. The van der Waals surface area contributed by atoms with Crippen LogP contribution < -0.4 is 82.7 Å². The summed E-state index contributed by atoms with van der Waals surface area (Å²) < 4.78 is 0. The number of carbonyl (C=O) groups is 13. The molecule has 524 valence electrons. The molecule has 2 fully saturated rings. The first-order chi connectivity index (χ1) is 45.2. The number of carbonyl (C=O) groups excluding carboxylic acids is 13. The summed E-state index contributed by atoms with van der Waals surface area (Å²) in [5, 5.41) is 21.1. The van der Waals surface area contributed by atoms with E-state index >= 15 is 0 Å². The molecule has 0 aliphatic carbocycles. The van der Waals surface area contributed by atoms with Gasteiger partial charge in [-0.1, -0.05) is 74.5 Å². The maximum absolute atomic E-state index is 14.7. The standard InChI is InChI=1S/C63H98N18O13S/c1-37(2)33-45(57(89)74-41(53(68)85)27-32-95-3)73-52(84)36-72-54(86)46(34-38-15-6-4-7-16-38)78-58(90)47(35-39-17-8-5-9-18-39)79-56(88)42(23-25-50(66)82)75-55(87)43(24-26-51(67)83)76-59(91)49-22-14-31-81(49)62(94)44(20-10-11-28-64)77-60(92)48-21-13-30-80(48)61(93)40(65)19-12-29-71-63(69)70/h4-9,15-18,37,40-49H,10-14,19-36,64-65H2,1-3H3,(H2,66,82)(H2,67,83)(H2,68,85)(H,72,86)(H,73,84)(H,74,89)(H,75,87)(H,76,91)(H,77,92)(H,78,90)(H,79,88)(H4,69,70,71)/t40-,41+,42-,43-,44+,45-,46-,47-,48-,49+/m1/s1. The van der Waals surface area contributed by atoms with Crippen molar-refractivity contribution >= 4 is 94.5 Å². The molecule has 2 aromatic carbocycles. The Balaban J connectivity index is 1.56. The summed E-state index contributed by atoms with van der Waals surface area (Å²) in [7, 11) is 0. The van der Waals surface area contributed by atoms with Crippen molar-refractivity contribution in [2.24, 2.45) is 51.0 Å². The first-order valence-electron chi connectivity index (χ1n) is 32.2. The summed E-state index contributed by atoms with van der Waals surface area (Å²) in [5.74, 6) is -9.80. The van der Waals surface area contributed by atoms with Crippen molar-refractivity contribution < 1.29 is 62.3 Å². The highest BCUT2D eigenvalue weighted by Crippen LogP contribution is 2.24. The summed E-state index contributed by atoms with van der Waals surface area (Å²) in [6.45, 7) is 3.86. The van der Waals surface area contributed by atoms with Crippen LogP contribution in [-0.4, -0.2) is 198 Å². The lowest BCUT2D eigenvalue weighted by atomic mass is 10.0. The van der Waals surface area contributed by atoms with Gasteiger partial charge in [0.25, 0.3) is 0 Å². The monoisotopic (exact) mass is 1350 g/mol. The van der Waals surface area contributed by atoms with Crippen molar-refractivity contribution in [3.8, 4) is 0 Å². The van der Waals surface area contributed by atoms with Crippen molar-refractivity contribution in [2.45, 2.75) is 183 Å². The van der Waals surface area contributed by atoms with E-state index in [4.69, 9.17) is 40.1 Å². The van der Waals surface area contributed by atoms with Crippen molar-refractivity contribution in [2.75, 3.05) is 44.7 Å². The quantitative estimate of drug-likeness (QED) is 0.0173. The largest absolute Gasteiger partial charge is 0.370 e. The molecule has 32 heteroatoms. The zero-order chi connectivity index (χ0) is 70.1. The number of guanidine groups is 1. The maximum atomic E-state index is 14.7. The second-order valence-corrected chi connectivity index (χ2v) is 25.1. The van der Waals surface area contributed by atoms with E-state index in [0.717, 1.165) is 0 Å². The molecule has 2 saturated heterocycles. The topological polar surface area (TPSA) is 519 Å². The number of rotatable bonds is 42. The van der Waals surface area contributed by atoms with Crippen LogP contribution in [-0.2, 0) is 75.2 Å². The fourth-order valence-electron chi connectivity index (χ4n) is 11.0. The number of nitrogens with one attached hydrogen (secondary N) is 8. The van der Waals surface area contributed by atoms with E-state index in [1.54, 1.807) is 60.7 Å². The van der Waals surface area contributed by atoms with Crippen molar-refractivity contribution in [3.63, 3.8) is 0 Å². The smallest absolute Gasteiger partial charge is 0.245 e. The van der Waals surface area contributed by atoms with Gasteiger partial charge in [0.05, 0.1) is 12.6 Å². The number of nitrogens with zero attached hydrogens (tertiary/aromatic N) is 3. The fourth-order valence-corrected chi connectivity index (χ4v) is 11.5. The highest BCUT2D eigenvalue weighted by atomic mass is 32.2. The third kappa shape index (κ3) is 27.5. The lowest BCUT2D eigenvalue weighted by Gasteiger charge is -2.32. The van der Waals surface area contributed by atoms with Crippen LogP contribution in [0.1, 0.15) is 121 Å². The van der Waals surface area contributed by atoms with Gasteiger partial charge >= 0.3 is 0 Å². The Labute approximate surface area is 558 Å². The third-order valence-electron chi connectivity index (χ3n) is 16.0. The van der Waals surface area contributed by atoms with Gasteiger partial charge in [-0.05, 0) is 119 Å². The highest BCUT2D eigenvalue weighted by molar-refractivity contribution is 7.98. The van der Waals surface area contributed by atoms with Gasteiger partial charge in [-0.2, -0.15) is 11.8 Å². The predicted molar refractivity (Wildman–Crippen MR) is 356 cm³/mol. The second kappa shape index (κ2) is 41.0. The molecule has 31 nitrogen and oxygen atoms in total. The molecule has 2 aliphatic heterocycles. The van der Waals surface area contributed by atoms with Gasteiger partial charge in [-0.15, -0.1) is 0 Å². The molecule has 13 amide bonds. The molecule has 0 radical (unpaired) electrons. The summed E-state index contributed by atoms with van der Waals surface area (Å²) >= 11 is 1.45. The molecule has 2 aromatic rings. The molecule has 0 bridgehead atoms. The Morgan fingerprint density at radius 3 is 1.51 bits per heavy atom. The van der Waals surface area contributed by atoms with Crippen LogP contribution in [0.3, 0.4) is 0 Å². The zero-order valence-corrected chi connectivity index (χ0v) is 55.3. The SMILES string of the molecule is CSCC[C@H](NC(=O)[C@@H](CC(C)C)NC(=O)CNC(=O)[C@@H](Cc1ccccc1)NC(=O)[C@@H](Cc1ccccc1)NC(=O)[C@@H](CCC(N)=O)NC(=O)[C@@H](CCC(N)=O)NC(=O)[C@@H]1CCCN1C(=O)[C@H](CCCCN)NC(=O)[C@H]1CCCN1C(=O)[C@H](N)CCCN=C(N)N)C(N)=O. The predicted octanol–water partition coefficient (Wildman–Crippen LogP) is -3.71. The second-order valence-electron chi connectivity index (χ2n) is 24.1. The van der Waals surface area contributed by atoms with E-state index in [0.29, 0.717) is 55.4 Å². The van der Waals surface area contributed by atoms with Crippen LogP contribution in [0.15, 0.2) is 65.7 Å². The first-order valence-corrected chi connectivity index (χ1v) is 33.6. The number of amides is 13. The molecule has 0 aromatic heterocycles. The molecule has 0 saturated carbocycles. The maximum Gasteiger partial charge on any atom is 0.245 e. The Bertz CT molecular complexity index is 2960. The van der Waals surface area contributed by atoms with Gasteiger partial charge < -0.3 is 92.5 Å². The van der Waals surface area contributed by atoms with Crippen LogP contribution in [0.4, 0.5) is 0 Å². The van der Waals surface area contributed by atoms with Crippen molar-refractivity contribution in [1.29, 1.82) is 0 Å². The minimum Gasteiger partial charge on any atom is -0.370 e. The number of nitrogens with two attached hydrogens (primary N) is 7. The van der Waals surface area contributed by atoms with Gasteiger partial charge in [-0.3, -0.25) is 67.3 Å². The Kier molecular flexibility index (Phi) is 33.9. The lowest BCUT2D eigenvalue weighted by Crippen LogP contribution is -2.60. The number of primary amides is 3. The molecule has 0 unspecified atom stereocenters. The third-order valence-corrected chi connectivity index (χ3v) is 16.7. The van der Waals surface area contributed by atoms with E-state index < -0.39 is 169 Å².